The fourth-order valence-corrected chi connectivity index (χ4v) is 2.03. The SMILES string of the molecule is CC(C(=O)N1CC(=O)NC(=O)C1(C)C)S(C)(=O)=O. The van der Waals surface area contributed by atoms with Gasteiger partial charge in [-0.3, -0.25) is 19.7 Å². The molecule has 0 saturated carbocycles. The Hall–Kier alpha value is -1.44. The maximum atomic E-state index is 12.1. The normalized spacial score (nSPS) is 21.4. The minimum Gasteiger partial charge on any atom is -0.318 e. The lowest BCUT2D eigenvalue weighted by Gasteiger charge is -2.41. The van der Waals surface area contributed by atoms with Crippen LogP contribution in [0.2, 0.25) is 0 Å². The highest BCUT2D eigenvalue weighted by atomic mass is 32.2. The molecule has 8 heteroatoms. The van der Waals surface area contributed by atoms with Gasteiger partial charge in [-0.2, -0.15) is 0 Å². The first-order valence-corrected chi connectivity index (χ1v) is 7.28. The number of carbonyl (C=O) groups excluding carboxylic acids is 3. The first-order chi connectivity index (χ1) is 7.98. The Kier molecular flexibility index (Phi) is 3.53. The molecule has 0 aromatic heterocycles. The highest BCUT2D eigenvalue weighted by Gasteiger charge is 2.45. The number of imide groups is 1. The van der Waals surface area contributed by atoms with Gasteiger partial charge in [0.2, 0.25) is 11.8 Å². The molecule has 1 fully saturated rings. The Morgan fingerprint density at radius 3 is 2.33 bits per heavy atom. The van der Waals surface area contributed by atoms with Crippen molar-refractivity contribution < 1.29 is 22.8 Å². The monoisotopic (exact) mass is 276 g/mol. The van der Waals surface area contributed by atoms with Crippen LogP contribution in [0, 0.1) is 0 Å². The largest absolute Gasteiger partial charge is 0.318 e. The molecular formula is C10H16N2O5S. The van der Waals surface area contributed by atoms with Gasteiger partial charge < -0.3 is 4.90 Å². The third-order valence-electron chi connectivity index (χ3n) is 3.04. The van der Waals surface area contributed by atoms with E-state index in [0.717, 1.165) is 11.2 Å². The van der Waals surface area contributed by atoms with Crippen molar-refractivity contribution in [3.05, 3.63) is 0 Å². The molecule has 0 spiro atoms. The Morgan fingerprint density at radius 2 is 1.89 bits per heavy atom. The molecule has 0 aliphatic carbocycles. The maximum absolute atomic E-state index is 12.1. The maximum Gasteiger partial charge on any atom is 0.252 e. The molecule has 1 N–H and O–H groups in total. The molecule has 1 heterocycles. The number of carbonyl (C=O) groups is 3. The zero-order valence-corrected chi connectivity index (χ0v) is 11.5. The van der Waals surface area contributed by atoms with Crippen molar-refractivity contribution in [3.63, 3.8) is 0 Å². The van der Waals surface area contributed by atoms with E-state index in [-0.39, 0.29) is 6.54 Å². The summed E-state index contributed by atoms with van der Waals surface area (Å²) < 4.78 is 22.7. The minimum absolute atomic E-state index is 0.322. The standard InChI is InChI=1S/C10H16N2O5S/c1-6(18(4,16)17)8(14)12-5-7(13)11-9(15)10(12,2)3/h6H,5H2,1-4H3,(H,11,13,15). The second kappa shape index (κ2) is 4.34. The highest BCUT2D eigenvalue weighted by Crippen LogP contribution is 2.20. The first kappa shape index (κ1) is 14.6. The van der Waals surface area contributed by atoms with Gasteiger partial charge in [-0.25, -0.2) is 8.42 Å². The number of hydrogen-bond acceptors (Lipinski definition) is 5. The van der Waals surface area contributed by atoms with Gasteiger partial charge in [0.05, 0.1) is 0 Å². The molecule has 1 saturated heterocycles. The number of nitrogens with one attached hydrogen (secondary N) is 1. The summed E-state index contributed by atoms with van der Waals surface area (Å²) in [7, 11) is -3.57. The van der Waals surface area contributed by atoms with Crippen molar-refractivity contribution in [2.75, 3.05) is 12.8 Å². The quantitative estimate of drug-likeness (QED) is 0.631. The van der Waals surface area contributed by atoms with E-state index in [1.165, 1.54) is 20.8 Å². The van der Waals surface area contributed by atoms with Crippen LogP contribution in [-0.4, -0.2) is 54.6 Å². The number of piperazine rings is 1. The Morgan fingerprint density at radius 1 is 1.39 bits per heavy atom. The predicted molar refractivity (Wildman–Crippen MR) is 63.2 cm³/mol. The topological polar surface area (TPSA) is 101 Å². The van der Waals surface area contributed by atoms with E-state index in [0.29, 0.717) is 0 Å². The summed E-state index contributed by atoms with van der Waals surface area (Å²) in [4.78, 5) is 36.0. The number of sulfone groups is 1. The fourth-order valence-electron chi connectivity index (χ4n) is 1.54. The van der Waals surface area contributed by atoms with Gasteiger partial charge >= 0.3 is 0 Å². The molecule has 0 radical (unpaired) electrons. The molecule has 0 aromatic rings. The third-order valence-corrected chi connectivity index (χ3v) is 4.53. The van der Waals surface area contributed by atoms with Crippen molar-refractivity contribution in [2.24, 2.45) is 0 Å². The summed E-state index contributed by atoms with van der Waals surface area (Å²) in [6.07, 6.45) is 0.939. The fraction of sp³-hybridized carbons (Fsp3) is 0.700. The van der Waals surface area contributed by atoms with E-state index in [2.05, 4.69) is 5.32 Å². The van der Waals surface area contributed by atoms with E-state index in [1.807, 2.05) is 0 Å². The predicted octanol–water partition coefficient (Wildman–Crippen LogP) is -1.32. The molecule has 7 nitrogen and oxygen atoms in total. The highest BCUT2D eigenvalue weighted by molar-refractivity contribution is 7.92. The van der Waals surface area contributed by atoms with E-state index in [4.69, 9.17) is 0 Å². The van der Waals surface area contributed by atoms with Crippen LogP contribution in [-0.2, 0) is 24.2 Å². The second-order valence-electron chi connectivity index (χ2n) is 4.83. The lowest BCUT2D eigenvalue weighted by molar-refractivity contribution is -0.155. The van der Waals surface area contributed by atoms with Gasteiger partial charge in [0.25, 0.3) is 5.91 Å². The van der Waals surface area contributed by atoms with Crippen molar-refractivity contribution in [1.29, 1.82) is 0 Å². The summed E-state index contributed by atoms with van der Waals surface area (Å²) in [5.41, 5.74) is -1.25. The van der Waals surface area contributed by atoms with Crippen LogP contribution in [0.5, 0.6) is 0 Å². The average Bonchev–Trinajstić information content (AvgIpc) is 2.20. The van der Waals surface area contributed by atoms with Crippen LogP contribution in [0.1, 0.15) is 20.8 Å². The lowest BCUT2D eigenvalue weighted by Crippen LogP contribution is -2.67. The Labute approximate surface area is 105 Å². The average molecular weight is 276 g/mol. The van der Waals surface area contributed by atoms with Crippen LogP contribution < -0.4 is 5.32 Å². The lowest BCUT2D eigenvalue weighted by atomic mass is 9.98. The summed E-state index contributed by atoms with van der Waals surface area (Å²) in [6, 6.07) is 0. The summed E-state index contributed by atoms with van der Waals surface area (Å²) in [6.45, 7) is 3.84. The minimum atomic E-state index is -3.57. The summed E-state index contributed by atoms with van der Waals surface area (Å²) in [5, 5.41) is 0.829. The summed E-state index contributed by atoms with van der Waals surface area (Å²) in [5.74, 6) is -1.98. The van der Waals surface area contributed by atoms with Crippen LogP contribution in [0.25, 0.3) is 0 Å². The van der Waals surface area contributed by atoms with Crippen LogP contribution in [0.4, 0.5) is 0 Å². The molecule has 0 bridgehead atoms. The van der Waals surface area contributed by atoms with Crippen LogP contribution >= 0.6 is 0 Å². The number of hydrogen-bond donors (Lipinski definition) is 1. The first-order valence-electron chi connectivity index (χ1n) is 5.32. The third kappa shape index (κ3) is 2.53. The molecular weight excluding hydrogens is 260 g/mol. The number of rotatable bonds is 2. The van der Waals surface area contributed by atoms with E-state index in [9.17, 15) is 22.8 Å². The van der Waals surface area contributed by atoms with Crippen LogP contribution in [0.15, 0.2) is 0 Å². The van der Waals surface area contributed by atoms with Gasteiger partial charge in [0, 0.05) is 6.26 Å². The van der Waals surface area contributed by atoms with Gasteiger partial charge in [-0.1, -0.05) is 0 Å². The van der Waals surface area contributed by atoms with Crippen molar-refractivity contribution >= 4 is 27.6 Å². The zero-order valence-electron chi connectivity index (χ0n) is 10.7. The molecule has 3 amide bonds. The van der Waals surface area contributed by atoms with Crippen LogP contribution in [0.3, 0.4) is 0 Å². The molecule has 102 valence electrons. The Bertz CT molecular complexity index is 508. The Balaban J connectivity index is 3.11. The molecule has 1 aliphatic rings. The molecule has 0 aromatic carbocycles. The zero-order chi connectivity index (χ0) is 14.3. The molecule has 1 aliphatic heterocycles. The molecule has 1 rings (SSSR count). The molecule has 1 atom stereocenters. The molecule has 1 unspecified atom stereocenters. The van der Waals surface area contributed by atoms with E-state index in [1.54, 1.807) is 0 Å². The summed E-state index contributed by atoms with van der Waals surface area (Å²) >= 11 is 0. The van der Waals surface area contributed by atoms with Crippen molar-refractivity contribution in [1.82, 2.24) is 10.2 Å². The van der Waals surface area contributed by atoms with Crippen molar-refractivity contribution in [3.8, 4) is 0 Å². The number of amides is 3. The van der Waals surface area contributed by atoms with Gasteiger partial charge in [0.15, 0.2) is 9.84 Å². The van der Waals surface area contributed by atoms with Crippen molar-refractivity contribution in [2.45, 2.75) is 31.6 Å². The van der Waals surface area contributed by atoms with E-state index >= 15 is 0 Å². The second-order valence-corrected chi connectivity index (χ2v) is 7.20. The van der Waals surface area contributed by atoms with E-state index < -0.39 is 38.3 Å². The number of nitrogens with zero attached hydrogens (tertiary/aromatic N) is 1. The van der Waals surface area contributed by atoms with Gasteiger partial charge in [-0.15, -0.1) is 0 Å². The smallest absolute Gasteiger partial charge is 0.252 e. The van der Waals surface area contributed by atoms with Gasteiger partial charge in [-0.05, 0) is 20.8 Å². The molecule has 18 heavy (non-hydrogen) atoms. The van der Waals surface area contributed by atoms with Gasteiger partial charge in [0.1, 0.15) is 17.3 Å².